The summed E-state index contributed by atoms with van der Waals surface area (Å²) in [6.45, 7) is 3.84. The van der Waals surface area contributed by atoms with Gasteiger partial charge in [0.15, 0.2) is 0 Å². The molecule has 3 heterocycles. The van der Waals surface area contributed by atoms with Crippen LogP contribution in [0.3, 0.4) is 0 Å². The molecule has 1 unspecified atom stereocenters. The number of nitrogens with two attached hydrogens (primary N) is 1. The van der Waals surface area contributed by atoms with E-state index in [2.05, 4.69) is 33.5 Å². The number of piperidine rings is 1. The fourth-order valence-electron chi connectivity index (χ4n) is 3.83. The maximum Gasteiger partial charge on any atom is 0.142 e. The highest BCUT2D eigenvalue weighted by molar-refractivity contribution is 7.10. The highest BCUT2D eigenvalue weighted by Gasteiger charge is 2.25. The lowest BCUT2D eigenvalue weighted by atomic mass is 10.1. The first kappa shape index (κ1) is 20.8. The fraction of sp³-hybridized carbons (Fsp3) is 0.375. The normalized spacial score (nSPS) is 16.4. The van der Waals surface area contributed by atoms with Crippen molar-refractivity contribution in [1.29, 1.82) is 0 Å². The summed E-state index contributed by atoms with van der Waals surface area (Å²) in [6, 6.07) is 16.0. The van der Waals surface area contributed by atoms with Crippen LogP contribution in [0.2, 0.25) is 0 Å². The predicted octanol–water partition coefficient (Wildman–Crippen LogP) is 4.76. The number of nitrogens with zero attached hydrogens (tertiary/aromatic N) is 2. The number of likely N-dealkylation sites (tertiary alicyclic amines) is 1. The minimum Gasteiger partial charge on any atom is -0.491 e. The number of hydrogen-bond acceptors (Lipinski definition) is 6. The molecule has 158 valence electrons. The van der Waals surface area contributed by atoms with Crippen molar-refractivity contribution in [1.82, 2.24) is 9.88 Å². The highest BCUT2D eigenvalue weighted by atomic mass is 32.1. The van der Waals surface area contributed by atoms with Crippen LogP contribution in [-0.2, 0) is 4.74 Å². The van der Waals surface area contributed by atoms with Crippen LogP contribution in [0, 0.1) is 0 Å². The van der Waals surface area contributed by atoms with E-state index in [0.717, 1.165) is 50.2 Å². The molecule has 5 nitrogen and oxygen atoms in total. The van der Waals surface area contributed by atoms with Crippen molar-refractivity contribution >= 4 is 17.0 Å². The summed E-state index contributed by atoms with van der Waals surface area (Å²) in [5.41, 5.74) is 7.75. The van der Waals surface area contributed by atoms with Crippen molar-refractivity contribution in [2.24, 2.45) is 0 Å². The predicted molar refractivity (Wildman–Crippen MR) is 122 cm³/mol. The van der Waals surface area contributed by atoms with E-state index in [1.54, 1.807) is 11.3 Å². The number of rotatable bonds is 9. The van der Waals surface area contributed by atoms with Gasteiger partial charge in [-0.1, -0.05) is 24.3 Å². The van der Waals surface area contributed by atoms with Gasteiger partial charge in [0.05, 0.1) is 18.4 Å². The third kappa shape index (κ3) is 5.59. The van der Waals surface area contributed by atoms with E-state index < -0.39 is 0 Å². The maximum atomic E-state index is 6.57. The summed E-state index contributed by atoms with van der Waals surface area (Å²) in [5, 5.41) is 2.11. The zero-order chi connectivity index (χ0) is 20.6. The number of hydrogen-bond donors (Lipinski definition) is 1. The van der Waals surface area contributed by atoms with Crippen LogP contribution in [0.4, 0.5) is 5.69 Å². The Hall–Kier alpha value is -2.41. The number of thiophene rings is 1. The molecule has 1 saturated heterocycles. The Balaban J connectivity index is 1.22. The molecular weight excluding hydrogens is 394 g/mol. The van der Waals surface area contributed by atoms with Crippen molar-refractivity contribution < 1.29 is 9.47 Å². The second-order valence-corrected chi connectivity index (χ2v) is 8.58. The van der Waals surface area contributed by atoms with Gasteiger partial charge < -0.3 is 20.1 Å². The Bertz CT molecular complexity index is 880. The van der Waals surface area contributed by atoms with Crippen LogP contribution in [0.5, 0.6) is 5.75 Å². The van der Waals surface area contributed by atoms with E-state index in [4.69, 9.17) is 15.2 Å². The average molecular weight is 424 g/mol. The topological polar surface area (TPSA) is 60.6 Å². The van der Waals surface area contributed by atoms with Gasteiger partial charge in [0.1, 0.15) is 11.9 Å². The summed E-state index contributed by atoms with van der Waals surface area (Å²) in [7, 11) is 0. The van der Waals surface area contributed by atoms with Crippen LogP contribution in [0.25, 0.3) is 0 Å². The molecular formula is C24H29N3O2S. The van der Waals surface area contributed by atoms with Gasteiger partial charge in [-0.15, -0.1) is 11.3 Å². The van der Waals surface area contributed by atoms with Gasteiger partial charge in [0.25, 0.3) is 0 Å². The monoisotopic (exact) mass is 423 g/mol. The molecule has 1 fully saturated rings. The number of nitrogen functional groups attached to an aromatic ring is 1. The van der Waals surface area contributed by atoms with Crippen molar-refractivity contribution in [3.63, 3.8) is 0 Å². The van der Waals surface area contributed by atoms with Crippen molar-refractivity contribution in [2.75, 3.05) is 32.0 Å². The first-order valence-electron chi connectivity index (χ1n) is 10.6. The van der Waals surface area contributed by atoms with Crippen LogP contribution < -0.4 is 10.5 Å². The first-order valence-corrected chi connectivity index (χ1v) is 11.5. The number of ether oxygens (including phenoxy) is 2. The van der Waals surface area contributed by atoms with E-state index in [1.807, 2.05) is 42.7 Å². The van der Waals surface area contributed by atoms with E-state index in [9.17, 15) is 0 Å². The summed E-state index contributed by atoms with van der Waals surface area (Å²) >= 11 is 1.74. The van der Waals surface area contributed by atoms with Crippen LogP contribution in [-0.4, -0.2) is 42.2 Å². The number of benzene rings is 1. The summed E-state index contributed by atoms with van der Waals surface area (Å²) < 4.78 is 12.4. The standard InChI is InChI=1S/C24H29N3O2S/c25-21-7-1-2-8-22(21)28-16-5-13-27-14-10-20(11-15-27)29-24(23-9-4-17-30-23)19-6-3-12-26-18-19/h1-4,6-9,12,17-18,20,24H,5,10-11,13-16,25H2. The maximum absolute atomic E-state index is 6.57. The molecule has 6 heteroatoms. The Kier molecular flexibility index (Phi) is 7.34. The smallest absolute Gasteiger partial charge is 0.142 e. The Labute approximate surface area is 182 Å². The molecule has 4 rings (SSSR count). The molecule has 3 aromatic rings. The molecule has 1 aliphatic rings. The van der Waals surface area contributed by atoms with Crippen molar-refractivity contribution in [3.05, 3.63) is 76.7 Å². The minimum atomic E-state index is -0.0278. The van der Waals surface area contributed by atoms with Gasteiger partial charge in [-0.05, 0) is 48.9 Å². The largest absolute Gasteiger partial charge is 0.491 e. The number of para-hydroxylation sites is 2. The molecule has 1 aliphatic heterocycles. The van der Waals surface area contributed by atoms with Crippen LogP contribution in [0.1, 0.15) is 35.8 Å². The number of pyridine rings is 1. The Morgan fingerprint density at radius 2 is 1.97 bits per heavy atom. The molecule has 0 aliphatic carbocycles. The van der Waals surface area contributed by atoms with E-state index >= 15 is 0 Å². The van der Waals surface area contributed by atoms with Gasteiger partial charge in [-0.25, -0.2) is 0 Å². The SMILES string of the molecule is Nc1ccccc1OCCCN1CCC(OC(c2cccnc2)c2cccs2)CC1. The summed E-state index contributed by atoms with van der Waals surface area (Å²) in [6.07, 6.45) is 7.06. The van der Waals surface area contributed by atoms with Crippen molar-refractivity contribution in [2.45, 2.75) is 31.5 Å². The molecule has 0 radical (unpaired) electrons. The average Bonchev–Trinajstić information content (AvgIpc) is 3.32. The minimum absolute atomic E-state index is 0.0278. The first-order chi connectivity index (χ1) is 14.8. The Morgan fingerprint density at radius 1 is 1.10 bits per heavy atom. The van der Waals surface area contributed by atoms with E-state index in [1.165, 1.54) is 4.88 Å². The van der Waals surface area contributed by atoms with Gasteiger partial charge >= 0.3 is 0 Å². The summed E-state index contributed by atoms with van der Waals surface area (Å²) in [5.74, 6) is 0.777. The second-order valence-electron chi connectivity index (χ2n) is 7.60. The molecule has 1 aromatic carbocycles. The highest BCUT2D eigenvalue weighted by Crippen LogP contribution is 2.32. The lowest BCUT2D eigenvalue weighted by Gasteiger charge is -2.33. The van der Waals surface area contributed by atoms with Gasteiger partial charge in [-0.3, -0.25) is 4.98 Å². The zero-order valence-electron chi connectivity index (χ0n) is 17.2. The molecule has 2 aromatic heterocycles. The Morgan fingerprint density at radius 3 is 2.70 bits per heavy atom. The molecule has 0 amide bonds. The number of anilines is 1. The van der Waals surface area contributed by atoms with Gasteiger partial charge in [0.2, 0.25) is 0 Å². The van der Waals surface area contributed by atoms with Crippen molar-refractivity contribution in [3.8, 4) is 5.75 Å². The molecule has 0 bridgehead atoms. The second kappa shape index (κ2) is 10.6. The number of aromatic nitrogens is 1. The van der Waals surface area contributed by atoms with Gasteiger partial charge in [-0.2, -0.15) is 0 Å². The quantitative estimate of drug-likeness (QED) is 0.397. The molecule has 2 N–H and O–H groups in total. The fourth-order valence-corrected chi connectivity index (χ4v) is 4.61. The third-order valence-electron chi connectivity index (χ3n) is 5.45. The van der Waals surface area contributed by atoms with E-state index in [0.29, 0.717) is 12.3 Å². The lowest BCUT2D eigenvalue weighted by Crippen LogP contribution is -2.38. The third-order valence-corrected chi connectivity index (χ3v) is 6.36. The summed E-state index contributed by atoms with van der Waals surface area (Å²) in [4.78, 5) is 8.03. The van der Waals surface area contributed by atoms with Crippen LogP contribution in [0.15, 0.2) is 66.3 Å². The lowest BCUT2D eigenvalue weighted by molar-refractivity contribution is -0.0261. The molecule has 0 saturated carbocycles. The molecule has 0 spiro atoms. The molecule has 1 atom stereocenters. The van der Waals surface area contributed by atoms with Crippen LogP contribution >= 0.6 is 11.3 Å². The zero-order valence-corrected chi connectivity index (χ0v) is 18.0. The van der Waals surface area contributed by atoms with E-state index in [-0.39, 0.29) is 12.2 Å². The van der Waals surface area contributed by atoms with Gasteiger partial charge in [0, 0.05) is 42.5 Å². The molecule has 30 heavy (non-hydrogen) atoms.